The van der Waals surface area contributed by atoms with E-state index in [-0.39, 0.29) is 12.5 Å². The number of methoxy groups -OCH3 is 2. The monoisotopic (exact) mass is 333 g/mol. The molecule has 1 amide bonds. The number of esters is 1. The Labute approximate surface area is 142 Å². The number of rotatable bonds is 6. The molecule has 1 aliphatic heterocycles. The van der Waals surface area contributed by atoms with Crippen LogP contribution in [0.2, 0.25) is 0 Å². The van der Waals surface area contributed by atoms with Gasteiger partial charge in [0.05, 0.1) is 14.2 Å². The molecule has 0 saturated carbocycles. The molecule has 0 radical (unpaired) electrons. The fourth-order valence-corrected chi connectivity index (χ4v) is 2.54. The van der Waals surface area contributed by atoms with Crippen LogP contribution in [0.4, 0.5) is 0 Å². The van der Waals surface area contributed by atoms with Gasteiger partial charge in [-0.3, -0.25) is 4.79 Å². The predicted octanol–water partition coefficient (Wildman–Crippen LogP) is 2.27. The number of amides is 1. The summed E-state index contributed by atoms with van der Waals surface area (Å²) in [4.78, 5) is 25.5. The molecule has 0 aliphatic carbocycles. The first-order valence-electron chi connectivity index (χ1n) is 7.98. The third kappa shape index (κ3) is 5.01. The molecule has 1 heterocycles. The number of carbonyl (C=O) groups is 2. The summed E-state index contributed by atoms with van der Waals surface area (Å²) in [5.41, 5.74) is 0.691. The molecule has 1 aromatic carbocycles. The molecule has 1 fully saturated rings. The maximum Gasteiger partial charge on any atom is 0.331 e. The number of carbonyl (C=O) groups excluding carboxylic acids is 2. The summed E-state index contributed by atoms with van der Waals surface area (Å²) >= 11 is 0. The number of nitrogens with zero attached hydrogens (tertiary/aromatic N) is 1. The summed E-state index contributed by atoms with van der Waals surface area (Å²) in [5, 5.41) is 0. The minimum atomic E-state index is -0.565. The first-order chi connectivity index (χ1) is 11.6. The molecule has 0 unspecified atom stereocenters. The van der Waals surface area contributed by atoms with Gasteiger partial charge in [0.2, 0.25) is 0 Å². The van der Waals surface area contributed by atoms with E-state index in [2.05, 4.69) is 0 Å². The van der Waals surface area contributed by atoms with Gasteiger partial charge in [-0.1, -0.05) is 0 Å². The van der Waals surface area contributed by atoms with Crippen LogP contribution in [0.15, 0.2) is 24.3 Å². The van der Waals surface area contributed by atoms with E-state index in [1.165, 1.54) is 6.08 Å². The molecule has 1 saturated heterocycles. The van der Waals surface area contributed by atoms with Gasteiger partial charge < -0.3 is 19.1 Å². The molecule has 130 valence electrons. The lowest BCUT2D eigenvalue weighted by molar-refractivity contribution is -0.148. The molecule has 6 nitrogen and oxygen atoms in total. The molecule has 1 aliphatic rings. The van der Waals surface area contributed by atoms with Gasteiger partial charge in [0, 0.05) is 24.7 Å². The van der Waals surface area contributed by atoms with Crippen molar-refractivity contribution in [2.75, 3.05) is 33.9 Å². The Bertz CT molecular complexity index is 605. The number of piperidine rings is 1. The van der Waals surface area contributed by atoms with Crippen molar-refractivity contribution in [2.45, 2.75) is 19.3 Å². The quantitative estimate of drug-likeness (QED) is 0.590. The minimum absolute atomic E-state index is 0.143. The molecule has 0 spiro atoms. The van der Waals surface area contributed by atoms with Gasteiger partial charge in [0.15, 0.2) is 6.61 Å². The van der Waals surface area contributed by atoms with E-state index in [9.17, 15) is 9.59 Å². The van der Waals surface area contributed by atoms with E-state index in [0.717, 1.165) is 32.4 Å². The van der Waals surface area contributed by atoms with Gasteiger partial charge in [-0.05, 0) is 43.5 Å². The van der Waals surface area contributed by atoms with Crippen molar-refractivity contribution >= 4 is 18.0 Å². The summed E-state index contributed by atoms with van der Waals surface area (Å²) in [6.45, 7) is 1.26. The van der Waals surface area contributed by atoms with Gasteiger partial charge in [-0.25, -0.2) is 4.79 Å². The van der Waals surface area contributed by atoms with Gasteiger partial charge in [-0.15, -0.1) is 0 Å². The Balaban J connectivity index is 1.89. The lowest BCUT2D eigenvalue weighted by atomic mass is 10.1. The van der Waals surface area contributed by atoms with E-state index in [0.29, 0.717) is 17.1 Å². The number of likely N-dealkylation sites (tertiary alicyclic amines) is 1. The number of hydrogen-bond donors (Lipinski definition) is 0. The van der Waals surface area contributed by atoms with Crippen molar-refractivity contribution < 1.29 is 23.8 Å². The Hall–Kier alpha value is -2.50. The van der Waals surface area contributed by atoms with Crippen molar-refractivity contribution in [1.29, 1.82) is 0 Å². The highest BCUT2D eigenvalue weighted by Gasteiger charge is 2.17. The Morgan fingerprint density at radius 2 is 1.88 bits per heavy atom. The highest BCUT2D eigenvalue weighted by Crippen LogP contribution is 2.25. The molecule has 0 bridgehead atoms. The van der Waals surface area contributed by atoms with E-state index < -0.39 is 5.97 Å². The Kier molecular flexibility index (Phi) is 6.66. The van der Waals surface area contributed by atoms with E-state index in [1.807, 2.05) is 0 Å². The van der Waals surface area contributed by atoms with Crippen LogP contribution in [0, 0.1) is 0 Å². The Morgan fingerprint density at radius 3 is 2.54 bits per heavy atom. The third-order valence-corrected chi connectivity index (χ3v) is 3.88. The van der Waals surface area contributed by atoms with Crippen molar-refractivity contribution in [3.63, 3.8) is 0 Å². The lowest BCUT2D eigenvalue weighted by Crippen LogP contribution is -2.38. The van der Waals surface area contributed by atoms with Crippen LogP contribution in [0.25, 0.3) is 6.08 Å². The van der Waals surface area contributed by atoms with Crippen LogP contribution >= 0.6 is 0 Å². The average molecular weight is 333 g/mol. The van der Waals surface area contributed by atoms with Gasteiger partial charge in [0.25, 0.3) is 5.91 Å². The van der Waals surface area contributed by atoms with Crippen molar-refractivity contribution in [3.8, 4) is 11.5 Å². The first kappa shape index (κ1) is 17.8. The second-order valence-corrected chi connectivity index (χ2v) is 5.49. The van der Waals surface area contributed by atoms with E-state index in [4.69, 9.17) is 14.2 Å². The standard InChI is InChI=1S/C18H23NO5/c1-22-15-7-8-16(23-2)14(12-15)6-9-18(21)24-13-17(20)19-10-4-3-5-11-19/h6-9,12H,3-5,10-11,13H2,1-2H3. The van der Waals surface area contributed by atoms with Crippen molar-refractivity contribution in [3.05, 3.63) is 29.8 Å². The van der Waals surface area contributed by atoms with Gasteiger partial charge >= 0.3 is 5.97 Å². The molecule has 0 N–H and O–H groups in total. The van der Waals surface area contributed by atoms with Crippen LogP contribution in [-0.4, -0.2) is 50.7 Å². The van der Waals surface area contributed by atoms with Crippen LogP contribution in [0.3, 0.4) is 0 Å². The van der Waals surface area contributed by atoms with Gasteiger partial charge in [-0.2, -0.15) is 0 Å². The maximum absolute atomic E-state index is 11.9. The van der Waals surface area contributed by atoms with E-state index in [1.54, 1.807) is 43.4 Å². The second-order valence-electron chi connectivity index (χ2n) is 5.49. The molecule has 24 heavy (non-hydrogen) atoms. The first-order valence-corrected chi connectivity index (χ1v) is 7.98. The molecule has 6 heteroatoms. The summed E-state index contributed by atoms with van der Waals surface area (Å²) < 4.78 is 15.4. The molecular weight excluding hydrogens is 310 g/mol. The fourth-order valence-electron chi connectivity index (χ4n) is 2.54. The summed E-state index contributed by atoms with van der Waals surface area (Å²) in [6.07, 6.45) is 6.02. The molecule has 2 rings (SSSR count). The number of hydrogen-bond acceptors (Lipinski definition) is 5. The minimum Gasteiger partial charge on any atom is -0.497 e. The predicted molar refractivity (Wildman–Crippen MR) is 90.0 cm³/mol. The van der Waals surface area contributed by atoms with Crippen LogP contribution in [0.5, 0.6) is 11.5 Å². The smallest absolute Gasteiger partial charge is 0.331 e. The average Bonchev–Trinajstić information content (AvgIpc) is 2.64. The van der Waals surface area contributed by atoms with E-state index >= 15 is 0 Å². The molecule has 0 atom stereocenters. The summed E-state index contributed by atoms with van der Waals surface area (Å²) in [6, 6.07) is 5.27. The fraction of sp³-hybridized carbons (Fsp3) is 0.444. The highest BCUT2D eigenvalue weighted by atomic mass is 16.5. The lowest BCUT2D eigenvalue weighted by Gasteiger charge is -2.26. The third-order valence-electron chi connectivity index (χ3n) is 3.88. The molecular formula is C18H23NO5. The van der Waals surface area contributed by atoms with Crippen LogP contribution in [0.1, 0.15) is 24.8 Å². The van der Waals surface area contributed by atoms with Gasteiger partial charge in [0.1, 0.15) is 11.5 Å². The second kappa shape index (κ2) is 8.96. The van der Waals surface area contributed by atoms with Crippen molar-refractivity contribution in [1.82, 2.24) is 4.90 Å². The SMILES string of the molecule is COc1ccc(OC)c(C=CC(=O)OCC(=O)N2CCCCC2)c1. The summed E-state index contributed by atoms with van der Waals surface area (Å²) in [7, 11) is 3.12. The summed E-state index contributed by atoms with van der Waals surface area (Å²) in [5.74, 6) is 0.564. The molecule has 0 aromatic heterocycles. The largest absolute Gasteiger partial charge is 0.497 e. The zero-order valence-electron chi connectivity index (χ0n) is 14.1. The Morgan fingerprint density at radius 1 is 1.12 bits per heavy atom. The maximum atomic E-state index is 11.9. The highest BCUT2D eigenvalue weighted by molar-refractivity contribution is 5.89. The van der Waals surface area contributed by atoms with Crippen LogP contribution < -0.4 is 9.47 Å². The van der Waals surface area contributed by atoms with Crippen molar-refractivity contribution in [2.24, 2.45) is 0 Å². The number of ether oxygens (including phenoxy) is 3. The number of benzene rings is 1. The molecule has 1 aromatic rings. The normalized spacial score (nSPS) is 14.5. The topological polar surface area (TPSA) is 65.1 Å². The zero-order valence-corrected chi connectivity index (χ0v) is 14.1. The zero-order chi connectivity index (χ0) is 17.4. The van der Waals surface area contributed by atoms with Crippen LogP contribution in [-0.2, 0) is 14.3 Å².